The first-order valence-corrected chi connectivity index (χ1v) is 10.4. The van der Waals surface area contributed by atoms with Gasteiger partial charge in [0.2, 0.25) is 0 Å². The van der Waals surface area contributed by atoms with Crippen LogP contribution in [0.2, 0.25) is 0 Å². The van der Waals surface area contributed by atoms with Gasteiger partial charge < -0.3 is 20.6 Å². The minimum Gasteiger partial charge on any atom is -0.388 e. The van der Waals surface area contributed by atoms with E-state index in [9.17, 15) is 5.11 Å². The van der Waals surface area contributed by atoms with Gasteiger partial charge >= 0.3 is 0 Å². The van der Waals surface area contributed by atoms with Crippen LogP contribution in [0.4, 0.5) is 5.82 Å². The number of nitrogens with zero attached hydrogens (tertiary/aromatic N) is 3. The first-order chi connectivity index (χ1) is 12.6. The van der Waals surface area contributed by atoms with Crippen molar-refractivity contribution in [3.63, 3.8) is 0 Å². The molecular weight excluding hydrogens is 326 g/mol. The highest BCUT2D eigenvalue weighted by atomic mass is 16.3. The van der Waals surface area contributed by atoms with E-state index < -0.39 is 5.60 Å². The molecule has 0 amide bonds. The summed E-state index contributed by atoms with van der Waals surface area (Å²) in [6.07, 6.45) is 8.59. The second-order valence-corrected chi connectivity index (χ2v) is 8.47. The van der Waals surface area contributed by atoms with E-state index in [0.29, 0.717) is 12.5 Å². The molecule has 1 aromatic heterocycles. The van der Waals surface area contributed by atoms with Gasteiger partial charge in [-0.2, -0.15) is 0 Å². The molecule has 0 radical (unpaired) electrons. The number of aliphatic hydroxyl groups is 1. The molecule has 2 aliphatic heterocycles. The zero-order valence-electron chi connectivity index (χ0n) is 16.1. The second kappa shape index (κ2) is 7.79. The number of likely N-dealkylation sites (tertiary alicyclic amines) is 1. The van der Waals surface area contributed by atoms with E-state index in [1.54, 1.807) is 0 Å². The Balaban J connectivity index is 1.56. The van der Waals surface area contributed by atoms with Gasteiger partial charge in [-0.1, -0.05) is 12.8 Å². The summed E-state index contributed by atoms with van der Waals surface area (Å²) in [6.45, 7) is 4.46. The van der Waals surface area contributed by atoms with Crippen molar-refractivity contribution < 1.29 is 5.11 Å². The number of anilines is 1. The summed E-state index contributed by atoms with van der Waals surface area (Å²) in [5.41, 5.74) is 1.85. The highest BCUT2D eigenvalue weighted by Crippen LogP contribution is 2.34. The largest absolute Gasteiger partial charge is 0.388 e. The fourth-order valence-electron chi connectivity index (χ4n) is 4.54. The zero-order chi connectivity index (χ0) is 18.0. The lowest BCUT2D eigenvalue weighted by Gasteiger charge is -2.36. The van der Waals surface area contributed by atoms with Gasteiger partial charge in [0.05, 0.1) is 11.3 Å². The molecule has 144 valence electrons. The Bertz CT molecular complexity index is 621. The molecule has 0 atom stereocenters. The fourth-order valence-corrected chi connectivity index (χ4v) is 4.54. The van der Waals surface area contributed by atoms with E-state index in [0.717, 1.165) is 63.5 Å². The number of aromatic nitrogens is 2. The molecule has 6 heteroatoms. The molecule has 1 aliphatic carbocycles. The Hall–Kier alpha value is -1.24. The summed E-state index contributed by atoms with van der Waals surface area (Å²) in [4.78, 5) is 12.2. The van der Waals surface area contributed by atoms with E-state index >= 15 is 0 Å². The van der Waals surface area contributed by atoms with E-state index in [4.69, 9.17) is 9.97 Å². The maximum absolute atomic E-state index is 10.9. The van der Waals surface area contributed by atoms with Crippen LogP contribution in [0.1, 0.15) is 61.5 Å². The van der Waals surface area contributed by atoms with Crippen molar-refractivity contribution in [2.75, 3.05) is 45.1 Å². The van der Waals surface area contributed by atoms with Gasteiger partial charge in [0, 0.05) is 44.1 Å². The maximum atomic E-state index is 10.9. The molecule has 3 aliphatic rings. The van der Waals surface area contributed by atoms with Crippen molar-refractivity contribution in [3.8, 4) is 0 Å². The van der Waals surface area contributed by atoms with Gasteiger partial charge in [0.15, 0.2) is 0 Å². The summed E-state index contributed by atoms with van der Waals surface area (Å²) in [6, 6.07) is 0. The quantitative estimate of drug-likeness (QED) is 0.760. The topological polar surface area (TPSA) is 73.3 Å². The standard InChI is InChI=1S/C20H33N5O/c1-25-12-8-20(26,9-13-25)14-22-19-16-6-10-21-11-7-17(16)23-18(24-19)15-4-2-3-5-15/h15,21,26H,2-14H2,1H3,(H,22,23,24). The normalized spacial score (nSPS) is 24.2. The molecule has 1 aromatic rings. The Morgan fingerprint density at radius 2 is 1.88 bits per heavy atom. The summed E-state index contributed by atoms with van der Waals surface area (Å²) in [5, 5.41) is 18.0. The Kier molecular flexibility index (Phi) is 5.43. The number of nitrogens with one attached hydrogen (secondary N) is 2. The van der Waals surface area contributed by atoms with Gasteiger partial charge in [-0.3, -0.25) is 0 Å². The summed E-state index contributed by atoms with van der Waals surface area (Å²) >= 11 is 0. The molecule has 1 saturated carbocycles. The first kappa shape index (κ1) is 18.1. The van der Waals surface area contributed by atoms with Gasteiger partial charge in [0.25, 0.3) is 0 Å². The third-order valence-electron chi connectivity index (χ3n) is 6.42. The van der Waals surface area contributed by atoms with Crippen LogP contribution in [0.25, 0.3) is 0 Å². The minimum absolute atomic E-state index is 0.517. The predicted octanol–water partition coefficient (Wildman–Crippen LogP) is 1.69. The van der Waals surface area contributed by atoms with Crippen molar-refractivity contribution in [1.82, 2.24) is 20.2 Å². The molecule has 0 unspecified atom stereocenters. The van der Waals surface area contributed by atoms with E-state index in [-0.39, 0.29) is 0 Å². The molecule has 0 bridgehead atoms. The van der Waals surface area contributed by atoms with Crippen molar-refractivity contribution in [2.45, 2.75) is 62.9 Å². The zero-order valence-corrected chi connectivity index (χ0v) is 16.1. The lowest BCUT2D eigenvalue weighted by molar-refractivity contribution is -0.00411. The third-order valence-corrected chi connectivity index (χ3v) is 6.42. The van der Waals surface area contributed by atoms with E-state index in [2.05, 4.69) is 22.6 Å². The molecule has 0 aromatic carbocycles. The molecule has 6 nitrogen and oxygen atoms in total. The number of fused-ring (bicyclic) bond motifs is 1. The van der Waals surface area contributed by atoms with Crippen molar-refractivity contribution >= 4 is 5.82 Å². The minimum atomic E-state index is -0.624. The number of hydrogen-bond acceptors (Lipinski definition) is 6. The average molecular weight is 360 g/mol. The van der Waals surface area contributed by atoms with Gasteiger partial charge in [0.1, 0.15) is 11.6 Å². The SMILES string of the molecule is CN1CCC(O)(CNc2nc(C3CCCC3)nc3c2CCNCC3)CC1. The third kappa shape index (κ3) is 4.02. The van der Waals surface area contributed by atoms with Crippen LogP contribution in [-0.2, 0) is 12.8 Å². The monoisotopic (exact) mass is 359 g/mol. The van der Waals surface area contributed by atoms with Crippen LogP contribution in [0, 0.1) is 0 Å². The van der Waals surface area contributed by atoms with Crippen LogP contribution >= 0.6 is 0 Å². The smallest absolute Gasteiger partial charge is 0.134 e. The summed E-state index contributed by atoms with van der Waals surface area (Å²) < 4.78 is 0. The maximum Gasteiger partial charge on any atom is 0.134 e. The number of hydrogen-bond donors (Lipinski definition) is 3. The van der Waals surface area contributed by atoms with Gasteiger partial charge in [-0.05, 0) is 45.7 Å². The van der Waals surface area contributed by atoms with Crippen molar-refractivity contribution in [3.05, 3.63) is 17.1 Å². The highest BCUT2D eigenvalue weighted by Gasteiger charge is 2.32. The molecule has 1 saturated heterocycles. The summed E-state index contributed by atoms with van der Waals surface area (Å²) in [7, 11) is 2.12. The van der Waals surface area contributed by atoms with E-state index in [1.807, 2.05) is 0 Å². The Morgan fingerprint density at radius 3 is 2.65 bits per heavy atom. The summed E-state index contributed by atoms with van der Waals surface area (Å²) in [5.74, 6) is 2.53. The van der Waals surface area contributed by atoms with Crippen molar-refractivity contribution in [1.29, 1.82) is 0 Å². The molecule has 0 spiro atoms. The second-order valence-electron chi connectivity index (χ2n) is 8.47. The molecular formula is C20H33N5O. The van der Waals surface area contributed by atoms with Crippen LogP contribution in [0.15, 0.2) is 0 Å². The Morgan fingerprint density at radius 1 is 1.15 bits per heavy atom. The fraction of sp³-hybridized carbons (Fsp3) is 0.800. The molecule has 4 rings (SSSR count). The number of piperidine rings is 1. The molecule has 26 heavy (non-hydrogen) atoms. The van der Waals surface area contributed by atoms with E-state index in [1.165, 1.54) is 36.9 Å². The first-order valence-electron chi connectivity index (χ1n) is 10.4. The molecule has 3 N–H and O–H groups in total. The van der Waals surface area contributed by atoms with Crippen LogP contribution in [0.3, 0.4) is 0 Å². The number of rotatable bonds is 4. The lowest BCUT2D eigenvalue weighted by atomic mass is 9.91. The van der Waals surface area contributed by atoms with Crippen molar-refractivity contribution in [2.24, 2.45) is 0 Å². The average Bonchev–Trinajstić information content (AvgIpc) is 3.08. The molecule has 2 fully saturated rings. The predicted molar refractivity (Wildman–Crippen MR) is 104 cm³/mol. The lowest BCUT2D eigenvalue weighted by Crippen LogP contribution is -2.47. The molecule has 3 heterocycles. The van der Waals surface area contributed by atoms with Gasteiger partial charge in [-0.25, -0.2) is 9.97 Å². The highest BCUT2D eigenvalue weighted by molar-refractivity contribution is 5.48. The Labute approximate surface area is 156 Å². The van der Waals surface area contributed by atoms with Crippen LogP contribution < -0.4 is 10.6 Å². The van der Waals surface area contributed by atoms with Crippen LogP contribution in [0.5, 0.6) is 0 Å². The van der Waals surface area contributed by atoms with Gasteiger partial charge in [-0.15, -0.1) is 0 Å². The van der Waals surface area contributed by atoms with Crippen LogP contribution in [-0.4, -0.2) is 65.3 Å².